The molecule has 7 heteroatoms. The Kier molecular flexibility index (Phi) is 5.49. The van der Waals surface area contributed by atoms with E-state index >= 15 is 0 Å². The lowest BCUT2D eigenvalue weighted by atomic mass is 10.0. The van der Waals surface area contributed by atoms with Gasteiger partial charge in [-0.05, 0) is 25.5 Å². The molecule has 0 radical (unpaired) electrons. The topological polar surface area (TPSA) is 88.9 Å². The number of carbonyl (C=O) groups excluding carboxylic acids is 2. The van der Waals surface area contributed by atoms with Crippen LogP contribution in [0.15, 0.2) is 48.8 Å². The SMILES string of the molecule is CC(=O)N[C@H](CC(=O)Nc1cnc2c(cnn2C(C)C)c1)c1ccccc1. The van der Waals surface area contributed by atoms with Crippen molar-refractivity contribution in [2.45, 2.75) is 39.3 Å². The molecule has 0 aliphatic heterocycles. The Morgan fingerprint density at radius 3 is 2.56 bits per heavy atom. The average molecular weight is 365 g/mol. The summed E-state index contributed by atoms with van der Waals surface area (Å²) in [7, 11) is 0. The first-order valence-electron chi connectivity index (χ1n) is 8.89. The molecule has 0 aliphatic carbocycles. The fourth-order valence-corrected chi connectivity index (χ4v) is 2.97. The van der Waals surface area contributed by atoms with Crippen LogP contribution in [0.1, 0.15) is 44.8 Å². The number of amides is 2. The molecule has 2 amide bonds. The molecule has 2 N–H and O–H groups in total. The van der Waals surface area contributed by atoms with E-state index in [9.17, 15) is 9.59 Å². The molecule has 1 atom stereocenters. The Morgan fingerprint density at radius 2 is 1.89 bits per heavy atom. The maximum absolute atomic E-state index is 12.5. The summed E-state index contributed by atoms with van der Waals surface area (Å²) in [6.45, 7) is 5.52. The fraction of sp³-hybridized carbons (Fsp3) is 0.300. The van der Waals surface area contributed by atoms with E-state index in [2.05, 4.69) is 20.7 Å². The predicted octanol–water partition coefficient (Wildman–Crippen LogP) is 3.22. The molecular weight excluding hydrogens is 342 g/mol. The van der Waals surface area contributed by atoms with Crippen LogP contribution in [-0.2, 0) is 9.59 Å². The molecular formula is C20H23N5O2. The predicted molar refractivity (Wildman–Crippen MR) is 104 cm³/mol. The fourth-order valence-electron chi connectivity index (χ4n) is 2.97. The average Bonchev–Trinajstić information content (AvgIpc) is 3.05. The van der Waals surface area contributed by atoms with Gasteiger partial charge in [0.1, 0.15) is 0 Å². The summed E-state index contributed by atoms with van der Waals surface area (Å²) in [5.41, 5.74) is 2.27. The number of pyridine rings is 1. The summed E-state index contributed by atoms with van der Waals surface area (Å²) in [4.78, 5) is 28.4. The number of carbonyl (C=O) groups is 2. The van der Waals surface area contributed by atoms with E-state index in [1.807, 2.05) is 54.9 Å². The minimum atomic E-state index is -0.385. The normalized spacial score (nSPS) is 12.1. The molecule has 0 unspecified atom stereocenters. The van der Waals surface area contributed by atoms with E-state index in [1.54, 1.807) is 12.4 Å². The van der Waals surface area contributed by atoms with Gasteiger partial charge in [0.2, 0.25) is 11.8 Å². The van der Waals surface area contributed by atoms with Gasteiger partial charge < -0.3 is 10.6 Å². The monoisotopic (exact) mass is 365 g/mol. The van der Waals surface area contributed by atoms with E-state index in [0.29, 0.717) is 5.69 Å². The van der Waals surface area contributed by atoms with Crippen molar-refractivity contribution in [3.05, 3.63) is 54.4 Å². The minimum absolute atomic E-state index is 0.132. The van der Waals surface area contributed by atoms with Crippen LogP contribution in [-0.4, -0.2) is 26.6 Å². The molecule has 0 fully saturated rings. The smallest absolute Gasteiger partial charge is 0.226 e. The van der Waals surface area contributed by atoms with Crippen LogP contribution in [0.5, 0.6) is 0 Å². The van der Waals surface area contributed by atoms with Crippen molar-refractivity contribution in [1.29, 1.82) is 0 Å². The van der Waals surface area contributed by atoms with Gasteiger partial charge >= 0.3 is 0 Å². The number of fused-ring (bicyclic) bond motifs is 1. The third-order valence-corrected chi connectivity index (χ3v) is 4.18. The zero-order valence-corrected chi connectivity index (χ0v) is 15.6. The molecule has 27 heavy (non-hydrogen) atoms. The molecule has 0 spiro atoms. The second kappa shape index (κ2) is 7.99. The summed E-state index contributed by atoms with van der Waals surface area (Å²) in [6.07, 6.45) is 3.49. The molecule has 0 aliphatic rings. The van der Waals surface area contributed by atoms with Crippen molar-refractivity contribution < 1.29 is 9.59 Å². The lowest BCUT2D eigenvalue weighted by molar-refractivity contribution is -0.120. The highest BCUT2D eigenvalue weighted by atomic mass is 16.2. The summed E-state index contributed by atoms with van der Waals surface area (Å²) in [5, 5.41) is 10.9. The van der Waals surface area contributed by atoms with Crippen LogP contribution in [0.4, 0.5) is 5.69 Å². The second-order valence-electron chi connectivity index (χ2n) is 6.74. The number of benzene rings is 1. The van der Waals surface area contributed by atoms with Gasteiger partial charge in [-0.2, -0.15) is 5.10 Å². The van der Waals surface area contributed by atoms with Crippen LogP contribution in [0.3, 0.4) is 0 Å². The van der Waals surface area contributed by atoms with Gasteiger partial charge in [0.05, 0.1) is 30.5 Å². The number of hydrogen-bond donors (Lipinski definition) is 2. The van der Waals surface area contributed by atoms with Gasteiger partial charge in [-0.3, -0.25) is 9.59 Å². The number of anilines is 1. The molecule has 1 aromatic carbocycles. The molecule has 0 bridgehead atoms. The quantitative estimate of drug-likeness (QED) is 0.702. The molecule has 2 aromatic heterocycles. The van der Waals surface area contributed by atoms with Crippen LogP contribution in [0.2, 0.25) is 0 Å². The van der Waals surface area contributed by atoms with Crippen molar-refractivity contribution in [3.8, 4) is 0 Å². The minimum Gasteiger partial charge on any atom is -0.349 e. The van der Waals surface area contributed by atoms with Crippen molar-refractivity contribution >= 4 is 28.5 Å². The maximum atomic E-state index is 12.5. The zero-order chi connectivity index (χ0) is 19.4. The maximum Gasteiger partial charge on any atom is 0.226 e. The number of rotatable bonds is 6. The van der Waals surface area contributed by atoms with Crippen LogP contribution >= 0.6 is 0 Å². The number of nitrogens with one attached hydrogen (secondary N) is 2. The van der Waals surface area contributed by atoms with Crippen LogP contribution < -0.4 is 10.6 Å². The van der Waals surface area contributed by atoms with E-state index in [4.69, 9.17) is 0 Å². The number of aromatic nitrogens is 3. The molecule has 140 valence electrons. The van der Waals surface area contributed by atoms with Gasteiger partial charge in [0.25, 0.3) is 0 Å². The lowest BCUT2D eigenvalue weighted by Gasteiger charge is -2.18. The Bertz CT molecular complexity index is 949. The third-order valence-electron chi connectivity index (χ3n) is 4.18. The van der Waals surface area contributed by atoms with Gasteiger partial charge in [-0.15, -0.1) is 0 Å². The molecule has 0 saturated heterocycles. The van der Waals surface area contributed by atoms with E-state index in [-0.39, 0.29) is 30.3 Å². The first kappa shape index (κ1) is 18.6. The number of hydrogen-bond acceptors (Lipinski definition) is 4. The van der Waals surface area contributed by atoms with E-state index in [1.165, 1.54) is 6.92 Å². The highest BCUT2D eigenvalue weighted by Crippen LogP contribution is 2.21. The van der Waals surface area contributed by atoms with Crippen LogP contribution in [0, 0.1) is 0 Å². The summed E-state index contributed by atoms with van der Waals surface area (Å²) in [6, 6.07) is 11.1. The highest BCUT2D eigenvalue weighted by Gasteiger charge is 2.17. The second-order valence-corrected chi connectivity index (χ2v) is 6.74. The van der Waals surface area contributed by atoms with E-state index in [0.717, 1.165) is 16.6 Å². The highest BCUT2D eigenvalue weighted by molar-refractivity contribution is 5.93. The Labute approximate surface area is 157 Å². The van der Waals surface area contributed by atoms with Gasteiger partial charge in [0.15, 0.2) is 5.65 Å². The van der Waals surface area contributed by atoms with Crippen molar-refractivity contribution in [2.75, 3.05) is 5.32 Å². The summed E-state index contributed by atoms with van der Waals surface area (Å²) in [5.74, 6) is -0.379. The Hall–Kier alpha value is -3.22. The molecule has 0 saturated carbocycles. The first-order valence-corrected chi connectivity index (χ1v) is 8.89. The van der Waals surface area contributed by atoms with Crippen molar-refractivity contribution in [3.63, 3.8) is 0 Å². The van der Waals surface area contributed by atoms with Gasteiger partial charge in [-0.25, -0.2) is 9.67 Å². The third kappa shape index (κ3) is 4.49. The van der Waals surface area contributed by atoms with Crippen molar-refractivity contribution in [1.82, 2.24) is 20.1 Å². The molecule has 7 nitrogen and oxygen atoms in total. The number of nitrogens with zero attached hydrogens (tertiary/aromatic N) is 3. The largest absolute Gasteiger partial charge is 0.349 e. The van der Waals surface area contributed by atoms with E-state index < -0.39 is 0 Å². The Morgan fingerprint density at radius 1 is 1.15 bits per heavy atom. The summed E-state index contributed by atoms with van der Waals surface area (Å²) < 4.78 is 1.84. The molecule has 3 aromatic rings. The van der Waals surface area contributed by atoms with Gasteiger partial charge in [0, 0.05) is 18.4 Å². The van der Waals surface area contributed by atoms with Gasteiger partial charge in [-0.1, -0.05) is 30.3 Å². The van der Waals surface area contributed by atoms with Crippen LogP contribution in [0.25, 0.3) is 11.0 Å². The summed E-state index contributed by atoms with van der Waals surface area (Å²) >= 11 is 0. The first-order chi connectivity index (χ1) is 12.9. The Balaban J connectivity index is 1.73. The zero-order valence-electron chi connectivity index (χ0n) is 15.6. The molecule has 2 heterocycles. The molecule has 3 rings (SSSR count). The van der Waals surface area contributed by atoms with Crippen molar-refractivity contribution in [2.24, 2.45) is 0 Å². The lowest BCUT2D eigenvalue weighted by Crippen LogP contribution is -2.29. The standard InChI is InChI=1S/C20H23N5O2/c1-13(2)25-20-16(11-22-25)9-17(12-21-20)24-19(27)10-18(23-14(3)26)15-7-5-4-6-8-15/h4-9,11-13,18H,10H2,1-3H3,(H,23,26)(H,24,27)/t18-/m1/s1.